The zero-order chi connectivity index (χ0) is 27.1. The van der Waals surface area contributed by atoms with Crippen molar-refractivity contribution in [2.45, 2.75) is 38.1 Å². The van der Waals surface area contributed by atoms with Crippen LogP contribution in [0.3, 0.4) is 0 Å². The van der Waals surface area contributed by atoms with Gasteiger partial charge < -0.3 is 34.3 Å². The second kappa shape index (κ2) is 10.7. The number of aliphatic hydroxyl groups is 2. The smallest absolute Gasteiger partial charge is 0.340 e. The van der Waals surface area contributed by atoms with Crippen LogP contribution in [-0.2, 0) is 20.2 Å². The maximum atomic E-state index is 12.0. The highest BCUT2D eigenvalue weighted by atomic mass is 35.5. The number of aliphatic hydroxyl groups excluding tert-OH is 2. The van der Waals surface area contributed by atoms with E-state index in [4.69, 9.17) is 25.9 Å². The second-order valence-corrected chi connectivity index (χ2v) is 13.5. The summed E-state index contributed by atoms with van der Waals surface area (Å²) in [6.07, 6.45) is -2.59. The van der Waals surface area contributed by atoms with E-state index in [0.29, 0.717) is 29.1 Å². The van der Waals surface area contributed by atoms with Crippen molar-refractivity contribution in [2.75, 3.05) is 24.5 Å². The second-order valence-electron chi connectivity index (χ2n) is 9.17. The lowest BCUT2D eigenvalue weighted by molar-refractivity contribution is -0.00345. The molecule has 1 aromatic carbocycles. The molecule has 0 spiro atoms. The molecule has 0 amide bonds. The number of benzene rings is 1. The molecule has 16 heteroatoms. The SMILES string of the molecule is Cc1nn([C@@H]2C[C@H](COP(=O)(O)CP(=O)(O)O)[C@@H](O)[C@H]2O)c2nc(Cl)nc(N(C)Cc3ccccc3)c12. The number of anilines is 1. The predicted molar refractivity (Wildman–Crippen MR) is 135 cm³/mol. The fraction of sp³-hybridized carbons (Fsp3) is 0.476. The zero-order valence-electron chi connectivity index (χ0n) is 20.0. The van der Waals surface area contributed by atoms with Crippen molar-refractivity contribution >= 4 is 43.6 Å². The van der Waals surface area contributed by atoms with Crippen molar-refractivity contribution in [3.05, 3.63) is 46.9 Å². The quantitative estimate of drug-likeness (QED) is 0.184. The summed E-state index contributed by atoms with van der Waals surface area (Å²) in [5.41, 5.74) is 1.97. The summed E-state index contributed by atoms with van der Waals surface area (Å²) in [5.74, 6) is -1.62. The largest absolute Gasteiger partial charge is 0.390 e. The molecule has 13 nitrogen and oxygen atoms in total. The van der Waals surface area contributed by atoms with Crippen LogP contribution in [0.2, 0.25) is 5.28 Å². The monoisotopic (exact) mass is 575 g/mol. The van der Waals surface area contributed by atoms with Crippen LogP contribution in [0.25, 0.3) is 11.0 Å². The maximum Gasteiger partial charge on any atom is 0.340 e. The van der Waals surface area contributed by atoms with E-state index in [-0.39, 0.29) is 11.7 Å². The fourth-order valence-corrected chi connectivity index (χ4v) is 7.37. The summed E-state index contributed by atoms with van der Waals surface area (Å²) >= 11 is 6.26. The molecule has 1 saturated carbocycles. The van der Waals surface area contributed by atoms with Crippen molar-refractivity contribution in [1.29, 1.82) is 0 Å². The molecule has 1 unspecified atom stereocenters. The number of hydrogen-bond donors (Lipinski definition) is 5. The average molecular weight is 576 g/mol. The van der Waals surface area contributed by atoms with Gasteiger partial charge in [0.05, 0.1) is 29.8 Å². The van der Waals surface area contributed by atoms with Crippen LogP contribution in [0.1, 0.15) is 23.7 Å². The van der Waals surface area contributed by atoms with Crippen molar-refractivity contribution in [2.24, 2.45) is 5.92 Å². The molecule has 0 aliphatic heterocycles. The predicted octanol–water partition coefficient (Wildman–Crippen LogP) is 2.04. The Labute approximate surface area is 217 Å². The van der Waals surface area contributed by atoms with Crippen LogP contribution in [0.4, 0.5) is 5.82 Å². The Hall–Kier alpha value is -1.92. The molecule has 1 aliphatic rings. The molecular weight excluding hydrogens is 548 g/mol. The van der Waals surface area contributed by atoms with Crippen molar-refractivity contribution in [3.63, 3.8) is 0 Å². The normalized spacial score (nSPS) is 23.9. The Morgan fingerprint density at radius 1 is 1.14 bits per heavy atom. The van der Waals surface area contributed by atoms with Gasteiger partial charge >= 0.3 is 15.2 Å². The molecule has 3 aromatic rings. The number of halogens is 1. The minimum absolute atomic E-state index is 0.0323. The molecule has 1 aliphatic carbocycles. The van der Waals surface area contributed by atoms with Gasteiger partial charge in [-0.1, -0.05) is 30.3 Å². The van der Waals surface area contributed by atoms with Gasteiger partial charge in [0.25, 0.3) is 0 Å². The lowest BCUT2D eigenvalue weighted by Gasteiger charge is -2.20. The number of fused-ring (bicyclic) bond motifs is 1. The summed E-state index contributed by atoms with van der Waals surface area (Å²) < 4.78 is 29.4. The number of hydrogen-bond acceptors (Lipinski definition) is 9. The first-order valence-electron chi connectivity index (χ1n) is 11.3. The molecule has 2 heterocycles. The fourth-order valence-electron chi connectivity index (χ4n) is 4.59. The number of aromatic nitrogens is 4. The highest BCUT2D eigenvalue weighted by Gasteiger charge is 2.45. The molecule has 1 fully saturated rings. The zero-order valence-corrected chi connectivity index (χ0v) is 22.5. The third kappa shape index (κ3) is 6.39. The number of aryl methyl sites for hydroxylation is 1. The molecule has 202 valence electrons. The number of rotatable bonds is 9. The Kier molecular flexibility index (Phi) is 8.11. The van der Waals surface area contributed by atoms with E-state index in [0.717, 1.165) is 5.56 Å². The van der Waals surface area contributed by atoms with E-state index in [9.17, 15) is 24.2 Å². The van der Waals surface area contributed by atoms with Gasteiger partial charge in [0.1, 0.15) is 11.9 Å². The average Bonchev–Trinajstić information content (AvgIpc) is 3.27. The van der Waals surface area contributed by atoms with Crippen molar-refractivity contribution in [3.8, 4) is 0 Å². The van der Waals surface area contributed by atoms with Crippen molar-refractivity contribution < 1.29 is 38.5 Å². The van der Waals surface area contributed by atoms with Gasteiger partial charge in [-0.15, -0.1) is 0 Å². The van der Waals surface area contributed by atoms with Crippen LogP contribution in [0.5, 0.6) is 0 Å². The van der Waals surface area contributed by atoms with Gasteiger partial charge in [0.15, 0.2) is 11.6 Å². The highest BCUT2D eigenvalue weighted by Crippen LogP contribution is 2.56. The Morgan fingerprint density at radius 2 is 1.81 bits per heavy atom. The van der Waals surface area contributed by atoms with Crippen LogP contribution >= 0.6 is 26.8 Å². The molecule has 0 bridgehead atoms. The molecule has 5 N–H and O–H groups in total. The van der Waals surface area contributed by atoms with Gasteiger partial charge in [-0.2, -0.15) is 15.1 Å². The van der Waals surface area contributed by atoms with E-state index >= 15 is 0 Å². The Morgan fingerprint density at radius 3 is 2.46 bits per heavy atom. The van der Waals surface area contributed by atoms with E-state index in [1.807, 2.05) is 42.3 Å². The lowest BCUT2D eigenvalue weighted by atomic mass is 10.1. The van der Waals surface area contributed by atoms with Crippen LogP contribution in [0, 0.1) is 12.8 Å². The molecule has 37 heavy (non-hydrogen) atoms. The van der Waals surface area contributed by atoms with Gasteiger partial charge in [-0.25, -0.2) is 4.68 Å². The van der Waals surface area contributed by atoms with Gasteiger partial charge in [0, 0.05) is 19.5 Å². The van der Waals surface area contributed by atoms with E-state index in [2.05, 4.69) is 15.1 Å². The highest BCUT2D eigenvalue weighted by molar-refractivity contribution is 7.70. The first-order valence-corrected chi connectivity index (χ1v) is 15.2. The third-order valence-corrected chi connectivity index (χ3v) is 9.87. The number of nitrogens with zero attached hydrogens (tertiary/aromatic N) is 5. The summed E-state index contributed by atoms with van der Waals surface area (Å²) in [7, 11) is -7.55. The maximum absolute atomic E-state index is 12.0. The minimum Gasteiger partial charge on any atom is -0.390 e. The molecular formula is C21H28ClN5O8P2. The molecule has 2 aromatic heterocycles. The molecule has 4 rings (SSSR count). The van der Waals surface area contributed by atoms with Crippen LogP contribution in [-0.4, -0.2) is 76.4 Å². The first-order chi connectivity index (χ1) is 17.3. The topological polar surface area (TPSA) is 191 Å². The first kappa shape index (κ1) is 28.1. The van der Waals surface area contributed by atoms with Crippen LogP contribution < -0.4 is 4.90 Å². The molecule has 5 atom stereocenters. The van der Waals surface area contributed by atoms with Gasteiger partial charge in [-0.3, -0.25) is 9.13 Å². The van der Waals surface area contributed by atoms with Crippen molar-refractivity contribution in [1.82, 2.24) is 19.7 Å². The Bertz CT molecular complexity index is 1370. The third-order valence-electron chi connectivity index (χ3n) is 6.24. The van der Waals surface area contributed by atoms with E-state index in [1.165, 1.54) is 4.68 Å². The van der Waals surface area contributed by atoms with Gasteiger partial charge in [0.2, 0.25) is 5.28 Å². The standard InChI is InChI=1S/C21H28ClN5O8P2/c1-12-16-19(26(2)9-13-6-4-3-5-7-13)23-21(22)24-20(16)27(25-12)15-8-14(17(28)18(15)29)10-35-37(33,34)11-36(30,31)32/h3-7,14-15,17-18,28-29H,8-11H2,1-2H3,(H,33,34)(H2,30,31,32)/t14-,15-,17-,18+/m1/s1. The van der Waals surface area contributed by atoms with Crippen LogP contribution in [0.15, 0.2) is 30.3 Å². The summed E-state index contributed by atoms with van der Waals surface area (Å²) in [6.45, 7) is 1.80. The molecule has 0 radical (unpaired) electrons. The molecule has 0 saturated heterocycles. The van der Waals surface area contributed by atoms with E-state index < -0.39 is 51.9 Å². The van der Waals surface area contributed by atoms with Gasteiger partial charge in [-0.05, 0) is 30.5 Å². The summed E-state index contributed by atoms with van der Waals surface area (Å²) in [5, 5.41) is 26.5. The lowest BCUT2D eigenvalue weighted by Crippen LogP contribution is -2.31. The summed E-state index contributed by atoms with van der Waals surface area (Å²) in [6, 6.07) is 8.98. The minimum atomic E-state index is -4.80. The van der Waals surface area contributed by atoms with E-state index in [1.54, 1.807) is 6.92 Å². The Balaban J connectivity index is 1.60. The summed E-state index contributed by atoms with van der Waals surface area (Å²) in [4.78, 5) is 38.3.